The van der Waals surface area contributed by atoms with Gasteiger partial charge in [-0.3, -0.25) is 0 Å². The van der Waals surface area contributed by atoms with Gasteiger partial charge in [0.25, 0.3) is 0 Å². The van der Waals surface area contributed by atoms with E-state index < -0.39 is 117 Å². The molecule has 0 amide bonds. The molecule has 3 unspecified atom stereocenters. The van der Waals surface area contributed by atoms with E-state index in [1.807, 2.05) is 0 Å². The Morgan fingerprint density at radius 1 is 0.737 bits per heavy atom. The zero-order valence-electron chi connectivity index (χ0n) is 20.6. The summed E-state index contributed by atoms with van der Waals surface area (Å²) in [7, 11) is 0. The average Bonchev–Trinajstić information content (AvgIpc) is 2.88. The van der Waals surface area contributed by atoms with Crippen LogP contribution in [0.15, 0.2) is 0 Å². The summed E-state index contributed by atoms with van der Waals surface area (Å²) in [5, 5.41) is 123. The summed E-state index contributed by atoms with van der Waals surface area (Å²) in [4.78, 5) is 0. The van der Waals surface area contributed by atoms with Crippen molar-refractivity contribution in [3.63, 3.8) is 0 Å². The molecule has 0 radical (unpaired) electrons. The SMILES string of the molecule is CC(O)[C@@]1(O)[C@@H](O)[C@H](O)[C@@H](CO)OC1(C)O[C@H]1[C@H](O)[C@@H](O)C(O[C@H]2[C@H](O)[C@@H](O)[C@@H](O)O[C@@H]2CO)O[C@@H]1CO. The molecule has 0 aromatic heterocycles. The van der Waals surface area contributed by atoms with Crippen LogP contribution >= 0.6 is 0 Å². The highest BCUT2D eigenvalue weighted by Crippen LogP contribution is 2.43. The van der Waals surface area contributed by atoms with E-state index in [1.165, 1.54) is 0 Å². The van der Waals surface area contributed by atoms with Crippen LogP contribution in [-0.4, -0.2) is 178 Å². The summed E-state index contributed by atoms with van der Waals surface area (Å²) in [5.74, 6) is -2.47. The first-order chi connectivity index (χ1) is 17.7. The zero-order chi connectivity index (χ0) is 28.7. The van der Waals surface area contributed by atoms with Gasteiger partial charge in [-0.05, 0) is 13.8 Å². The van der Waals surface area contributed by atoms with Crippen molar-refractivity contribution in [1.29, 1.82) is 0 Å². The molecule has 0 bridgehead atoms. The average molecular weight is 563 g/mol. The minimum Gasteiger partial charge on any atom is -0.394 e. The van der Waals surface area contributed by atoms with Crippen LogP contribution in [-0.2, 0) is 23.7 Å². The van der Waals surface area contributed by atoms with Crippen LogP contribution < -0.4 is 0 Å². The van der Waals surface area contributed by atoms with Crippen molar-refractivity contribution in [3.05, 3.63) is 0 Å². The first-order valence-electron chi connectivity index (χ1n) is 12.0. The fraction of sp³-hybridized carbons (Fsp3) is 1.00. The van der Waals surface area contributed by atoms with Gasteiger partial charge >= 0.3 is 0 Å². The topological polar surface area (TPSA) is 289 Å². The van der Waals surface area contributed by atoms with Gasteiger partial charge in [-0.15, -0.1) is 0 Å². The molecule has 17 nitrogen and oxygen atoms in total. The molecule has 3 heterocycles. The van der Waals surface area contributed by atoms with Gasteiger partial charge in [-0.25, -0.2) is 0 Å². The van der Waals surface area contributed by atoms with Crippen LogP contribution in [0.3, 0.4) is 0 Å². The third-order valence-electron chi connectivity index (χ3n) is 7.39. The van der Waals surface area contributed by atoms with E-state index in [2.05, 4.69) is 0 Å². The van der Waals surface area contributed by atoms with E-state index in [4.69, 9.17) is 23.7 Å². The Labute approximate surface area is 216 Å². The highest BCUT2D eigenvalue weighted by atomic mass is 16.8. The van der Waals surface area contributed by atoms with Crippen LogP contribution in [0, 0.1) is 0 Å². The predicted molar refractivity (Wildman–Crippen MR) is 116 cm³/mol. The van der Waals surface area contributed by atoms with Gasteiger partial charge in [-0.1, -0.05) is 0 Å². The maximum atomic E-state index is 11.2. The quantitative estimate of drug-likeness (QED) is 0.131. The van der Waals surface area contributed by atoms with Gasteiger partial charge in [0, 0.05) is 0 Å². The Bertz CT molecular complexity index is 770. The zero-order valence-corrected chi connectivity index (χ0v) is 20.6. The fourth-order valence-electron chi connectivity index (χ4n) is 5.04. The normalized spacial score (nSPS) is 53.1. The molecule has 3 aliphatic rings. The van der Waals surface area contributed by atoms with Gasteiger partial charge in [0.1, 0.15) is 67.1 Å². The summed E-state index contributed by atoms with van der Waals surface area (Å²) < 4.78 is 27.1. The van der Waals surface area contributed by atoms with Gasteiger partial charge in [0.05, 0.1) is 25.9 Å². The first kappa shape index (κ1) is 31.8. The first-order valence-corrected chi connectivity index (χ1v) is 12.0. The van der Waals surface area contributed by atoms with Crippen molar-refractivity contribution in [2.24, 2.45) is 0 Å². The number of aliphatic hydroxyl groups excluding tert-OH is 11. The molecule has 3 saturated heterocycles. The van der Waals surface area contributed by atoms with E-state index in [9.17, 15) is 61.3 Å². The fourth-order valence-corrected chi connectivity index (χ4v) is 5.04. The van der Waals surface area contributed by atoms with Crippen LogP contribution in [0.4, 0.5) is 0 Å². The van der Waals surface area contributed by atoms with E-state index in [-0.39, 0.29) is 0 Å². The lowest BCUT2D eigenvalue weighted by Gasteiger charge is -2.57. The lowest BCUT2D eigenvalue weighted by Crippen LogP contribution is -2.78. The second kappa shape index (κ2) is 12.0. The smallest absolute Gasteiger partial charge is 0.200 e. The Kier molecular flexibility index (Phi) is 10.1. The third-order valence-corrected chi connectivity index (χ3v) is 7.39. The highest BCUT2D eigenvalue weighted by molar-refractivity contribution is 5.10. The van der Waals surface area contributed by atoms with Gasteiger partial charge in [-0.2, -0.15) is 0 Å². The van der Waals surface area contributed by atoms with Crippen molar-refractivity contribution in [2.75, 3.05) is 19.8 Å². The molecule has 38 heavy (non-hydrogen) atoms. The summed E-state index contributed by atoms with van der Waals surface area (Å²) in [6.07, 6.45) is -25.0. The Hall–Kier alpha value is -0.680. The maximum Gasteiger partial charge on any atom is 0.200 e. The number of hydrogen-bond donors (Lipinski definition) is 12. The predicted octanol–water partition coefficient (Wildman–Crippen LogP) is -7.43. The van der Waals surface area contributed by atoms with Crippen molar-refractivity contribution in [2.45, 2.75) is 111 Å². The van der Waals surface area contributed by atoms with Crippen molar-refractivity contribution >= 4 is 0 Å². The molecular weight excluding hydrogens is 524 g/mol. The van der Waals surface area contributed by atoms with Gasteiger partial charge in [0.2, 0.25) is 5.79 Å². The van der Waals surface area contributed by atoms with Crippen LogP contribution in [0.5, 0.6) is 0 Å². The summed E-state index contributed by atoms with van der Waals surface area (Å²) in [6.45, 7) is -0.462. The molecule has 224 valence electrons. The Balaban J connectivity index is 1.85. The van der Waals surface area contributed by atoms with E-state index in [1.54, 1.807) is 0 Å². The third kappa shape index (κ3) is 5.33. The molecule has 3 aliphatic heterocycles. The minimum absolute atomic E-state index is 0.792. The second-order valence-electron chi connectivity index (χ2n) is 9.84. The van der Waals surface area contributed by atoms with E-state index in [0.717, 1.165) is 13.8 Å². The second-order valence-corrected chi connectivity index (χ2v) is 9.84. The molecule has 0 saturated carbocycles. The Morgan fingerprint density at radius 3 is 1.79 bits per heavy atom. The summed E-state index contributed by atoms with van der Waals surface area (Å²) in [5.41, 5.74) is -2.76. The molecule has 0 aromatic rings. The van der Waals surface area contributed by atoms with Crippen LogP contribution in [0.2, 0.25) is 0 Å². The highest BCUT2D eigenvalue weighted by Gasteiger charge is 2.66. The van der Waals surface area contributed by atoms with Gasteiger partial charge in [0.15, 0.2) is 18.2 Å². The summed E-state index contributed by atoms with van der Waals surface area (Å²) in [6, 6.07) is 0. The van der Waals surface area contributed by atoms with Crippen molar-refractivity contribution in [3.8, 4) is 0 Å². The standard InChI is InChI=1S/C21H38O17/c1-6(25)21(33)17(31)10(26)7(3-22)37-20(21,2)38-16-9(5-24)35-19(14(30)12(16)28)36-15-8(4-23)34-18(32)13(29)11(15)27/h6-19,22-33H,3-5H2,1-2H3/t6?,7-,8-,9-,10-,11-,12-,13-,14-,15-,16-,17+,18+,19?,20?,21-/m1/s1. The monoisotopic (exact) mass is 562 g/mol. The van der Waals surface area contributed by atoms with Crippen LogP contribution in [0.25, 0.3) is 0 Å². The van der Waals surface area contributed by atoms with Crippen molar-refractivity contribution < 1.29 is 85.0 Å². The number of aliphatic hydroxyl groups is 12. The number of hydrogen-bond acceptors (Lipinski definition) is 17. The maximum absolute atomic E-state index is 11.2. The molecule has 12 N–H and O–H groups in total. The molecule has 17 heteroatoms. The van der Waals surface area contributed by atoms with Gasteiger partial charge < -0.3 is 85.0 Å². The van der Waals surface area contributed by atoms with Crippen molar-refractivity contribution in [1.82, 2.24) is 0 Å². The van der Waals surface area contributed by atoms with E-state index >= 15 is 0 Å². The van der Waals surface area contributed by atoms with E-state index in [0.29, 0.717) is 0 Å². The molecule has 0 aromatic carbocycles. The molecule has 0 spiro atoms. The molecule has 3 rings (SSSR count). The largest absolute Gasteiger partial charge is 0.394 e. The summed E-state index contributed by atoms with van der Waals surface area (Å²) >= 11 is 0. The molecule has 0 aliphatic carbocycles. The molecule has 16 atom stereocenters. The molecular formula is C21H38O17. The Morgan fingerprint density at radius 2 is 1.26 bits per heavy atom. The lowest BCUT2D eigenvalue weighted by atomic mass is 9.76. The molecule has 3 fully saturated rings. The minimum atomic E-state index is -2.76. The van der Waals surface area contributed by atoms with Crippen LogP contribution in [0.1, 0.15) is 13.8 Å². The number of rotatable bonds is 8. The lowest BCUT2D eigenvalue weighted by molar-refractivity contribution is -0.438. The number of ether oxygens (including phenoxy) is 5.